The second-order valence-corrected chi connectivity index (χ2v) is 5.61. The minimum atomic E-state index is -0.626. The van der Waals surface area contributed by atoms with Gasteiger partial charge in [0.25, 0.3) is 5.17 Å². The molecule has 0 aliphatic carbocycles. The molecule has 0 aliphatic rings. The van der Waals surface area contributed by atoms with Crippen LogP contribution in [0.15, 0.2) is 30.5 Å². The molecule has 1 heterocycles. The van der Waals surface area contributed by atoms with Crippen LogP contribution < -0.4 is 10.1 Å². The van der Waals surface area contributed by atoms with Gasteiger partial charge in [-0.3, -0.25) is 5.32 Å². The monoisotopic (exact) mass is 349 g/mol. The van der Waals surface area contributed by atoms with Crippen molar-refractivity contribution in [1.82, 2.24) is 9.97 Å². The van der Waals surface area contributed by atoms with Gasteiger partial charge >= 0.3 is 6.01 Å². The van der Waals surface area contributed by atoms with Gasteiger partial charge in [0.1, 0.15) is 6.61 Å². The van der Waals surface area contributed by atoms with Crippen LogP contribution in [0.3, 0.4) is 0 Å². The molecule has 24 heavy (non-hydrogen) atoms. The number of halogens is 1. The highest BCUT2D eigenvalue weighted by molar-refractivity contribution is 7.80. The van der Waals surface area contributed by atoms with Crippen molar-refractivity contribution in [3.05, 3.63) is 47.4 Å². The quantitative estimate of drug-likeness (QED) is 0.602. The number of unbranched alkanes of at least 4 members (excludes halogenated alkanes) is 1. The number of thiocarbonyl (C=S) groups is 1. The molecule has 0 atom stereocenters. The third kappa shape index (κ3) is 5.73. The predicted octanol–water partition coefficient (Wildman–Crippen LogP) is 4.02. The van der Waals surface area contributed by atoms with Crippen molar-refractivity contribution in [2.24, 2.45) is 0 Å². The van der Waals surface area contributed by atoms with Crippen molar-refractivity contribution >= 4 is 23.2 Å². The maximum atomic E-state index is 13.8. The Bertz CT molecular complexity index is 680. The van der Waals surface area contributed by atoms with Gasteiger partial charge in [0.15, 0.2) is 11.6 Å². The lowest BCUT2D eigenvalue weighted by Crippen LogP contribution is -2.16. The number of aromatic nitrogens is 2. The van der Waals surface area contributed by atoms with Gasteiger partial charge in [-0.2, -0.15) is 4.98 Å². The standard InChI is InChI=1S/C17H20FN3O2S/c1-3-4-9-22-17(24)21-15-14(18)10-19-16(20-15)23-11-13-7-5-12(2)6-8-13/h5-8,10H,3-4,9,11H2,1-2H3,(H,19,20,21,24). The lowest BCUT2D eigenvalue weighted by molar-refractivity contribution is 0.279. The molecular weight excluding hydrogens is 329 g/mol. The van der Waals surface area contributed by atoms with E-state index in [9.17, 15) is 4.39 Å². The zero-order chi connectivity index (χ0) is 17.4. The number of aryl methyl sites for hydroxylation is 1. The Balaban J connectivity index is 1.94. The molecule has 1 aromatic heterocycles. The first-order valence-electron chi connectivity index (χ1n) is 7.73. The molecule has 7 heteroatoms. The Morgan fingerprint density at radius 2 is 2.04 bits per heavy atom. The van der Waals surface area contributed by atoms with Crippen molar-refractivity contribution in [3.8, 4) is 6.01 Å². The topological polar surface area (TPSA) is 56.3 Å². The molecule has 0 bridgehead atoms. The van der Waals surface area contributed by atoms with Crippen molar-refractivity contribution in [3.63, 3.8) is 0 Å². The minimum absolute atomic E-state index is 0.0644. The van der Waals surface area contributed by atoms with Crippen LogP contribution in [0, 0.1) is 12.7 Å². The number of benzene rings is 1. The third-order valence-corrected chi connectivity index (χ3v) is 3.38. The van der Waals surface area contributed by atoms with Crippen LogP contribution in [0.5, 0.6) is 6.01 Å². The molecular formula is C17H20FN3O2S. The highest BCUT2D eigenvalue weighted by atomic mass is 32.1. The van der Waals surface area contributed by atoms with Gasteiger partial charge in [-0.1, -0.05) is 43.2 Å². The zero-order valence-corrected chi connectivity index (χ0v) is 14.5. The van der Waals surface area contributed by atoms with Gasteiger partial charge in [0, 0.05) is 0 Å². The molecule has 0 fully saturated rings. The zero-order valence-electron chi connectivity index (χ0n) is 13.7. The summed E-state index contributed by atoms with van der Waals surface area (Å²) >= 11 is 5.00. The fourth-order valence-electron chi connectivity index (χ4n) is 1.78. The van der Waals surface area contributed by atoms with Crippen molar-refractivity contribution < 1.29 is 13.9 Å². The van der Waals surface area contributed by atoms with E-state index in [4.69, 9.17) is 21.7 Å². The summed E-state index contributed by atoms with van der Waals surface area (Å²) in [6.07, 6.45) is 2.90. The molecule has 1 N–H and O–H groups in total. The normalized spacial score (nSPS) is 10.3. The van der Waals surface area contributed by atoms with E-state index in [1.54, 1.807) is 0 Å². The summed E-state index contributed by atoms with van der Waals surface area (Å²) in [6.45, 7) is 4.83. The summed E-state index contributed by atoms with van der Waals surface area (Å²) in [7, 11) is 0. The number of hydrogen-bond donors (Lipinski definition) is 1. The molecule has 0 amide bonds. The van der Waals surface area contributed by atoms with E-state index in [0.717, 1.165) is 24.6 Å². The van der Waals surface area contributed by atoms with Crippen molar-refractivity contribution in [2.75, 3.05) is 11.9 Å². The first-order chi connectivity index (χ1) is 11.6. The smallest absolute Gasteiger partial charge is 0.318 e. The maximum absolute atomic E-state index is 13.8. The van der Waals surface area contributed by atoms with Crippen molar-refractivity contribution in [1.29, 1.82) is 0 Å². The summed E-state index contributed by atoms with van der Waals surface area (Å²) in [5.74, 6) is -0.690. The lowest BCUT2D eigenvalue weighted by Gasteiger charge is -2.10. The summed E-state index contributed by atoms with van der Waals surface area (Å²) in [5.41, 5.74) is 2.14. The van der Waals surface area contributed by atoms with E-state index >= 15 is 0 Å². The van der Waals surface area contributed by atoms with E-state index in [-0.39, 0.29) is 17.0 Å². The number of ether oxygens (including phenoxy) is 2. The first-order valence-corrected chi connectivity index (χ1v) is 8.14. The Labute approximate surface area is 146 Å². The largest absolute Gasteiger partial charge is 0.471 e. The number of rotatable bonds is 7. The Morgan fingerprint density at radius 3 is 2.75 bits per heavy atom. The van der Waals surface area contributed by atoms with Crippen LogP contribution >= 0.6 is 12.2 Å². The van der Waals surface area contributed by atoms with Gasteiger partial charge in [-0.15, -0.1) is 0 Å². The molecule has 0 unspecified atom stereocenters. The Hall–Kier alpha value is -2.28. The second-order valence-electron chi connectivity index (χ2n) is 5.24. The number of anilines is 1. The Morgan fingerprint density at radius 1 is 1.29 bits per heavy atom. The molecule has 0 aliphatic heterocycles. The Kier molecular flexibility index (Phi) is 6.87. The first kappa shape index (κ1) is 18.1. The molecule has 2 aromatic rings. The van der Waals surface area contributed by atoms with Gasteiger partial charge in [-0.25, -0.2) is 9.37 Å². The van der Waals surface area contributed by atoms with Crippen LogP contribution in [-0.4, -0.2) is 21.7 Å². The summed E-state index contributed by atoms with van der Waals surface area (Å²) in [6, 6.07) is 7.95. The molecule has 1 aromatic carbocycles. The molecule has 5 nitrogen and oxygen atoms in total. The van der Waals surface area contributed by atoms with Crippen LogP contribution in [-0.2, 0) is 11.3 Å². The van der Waals surface area contributed by atoms with Crippen LogP contribution in [0.1, 0.15) is 30.9 Å². The number of nitrogens with zero attached hydrogens (tertiary/aromatic N) is 2. The summed E-state index contributed by atoms with van der Waals surface area (Å²) in [5, 5.41) is 2.69. The fourth-order valence-corrected chi connectivity index (χ4v) is 1.96. The van der Waals surface area contributed by atoms with Gasteiger partial charge < -0.3 is 9.47 Å². The molecule has 0 radical (unpaired) electrons. The highest BCUT2D eigenvalue weighted by Crippen LogP contribution is 2.15. The average molecular weight is 349 g/mol. The highest BCUT2D eigenvalue weighted by Gasteiger charge is 2.10. The minimum Gasteiger partial charge on any atom is -0.471 e. The fraction of sp³-hybridized carbons (Fsp3) is 0.353. The number of nitrogens with one attached hydrogen (secondary N) is 1. The third-order valence-electron chi connectivity index (χ3n) is 3.16. The lowest BCUT2D eigenvalue weighted by atomic mass is 10.2. The van der Waals surface area contributed by atoms with Gasteiger partial charge in [0.05, 0.1) is 12.8 Å². The van der Waals surface area contributed by atoms with Crippen LogP contribution in [0.2, 0.25) is 0 Å². The average Bonchev–Trinajstić information content (AvgIpc) is 2.57. The predicted molar refractivity (Wildman–Crippen MR) is 94.6 cm³/mol. The van der Waals surface area contributed by atoms with E-state index < -0.39 is 5.82 Å². The molecule has 0 spiro atoms. The maximum Gasteiger partial charge on any atom is 0.318 e. The van der Waals surface area contributed by atoms with E-state index in [1.165, 1.54) is 5.56 Å². The van der Waals surface area contributed by atoms with E-state index in [2.05, 4.69) is 15.3 Å². The van der Waals surface area contributed by atoms with Crippen LogP contribution in [0.25, 0.3) is 0 Å². The summed E-state index contributed by atoms with van der Waals surface area (Å²) < 4.78 is 24.5. The van der Waals surface area contributed by atoms with E-state index in [1.807, 2.05) is 38.1 Å². The van der Waals surface area contributed by atoms with Gasteiger partial charge in [-0.05, 0) is 31.1 Å². The molecule has 2 rings (SSSR count). The SMILES string of the molecule is CCCCOC(=S)Nc1nc(OCc2ccc(C)cc2)ncc1F. The number of hydrogen-bond acceptors (Lipinski definition) is 5. The second kappa shape index (κ2) is 9.12. The molecule has 128 valence electrons. The molecule has 0 saturated heterocycles. The molecule has 0 saturated carbocycles. The summed E-state index contributed by atoms with van der Waals surface area (Å²) in [4.78, 5) is 7.81. The van der Waals surface area contributed by atoms with Gasteiger partial charge in [0.2, 0.25) is 0 Å². The van der Waals surface area contributed by atoms with Crippen LogP contribution in [0.4, 0.5) is 10.2 Å². The van der Waals surface area contributed by atoms with Crippen molar-refractivity contribution in [2.45, 2.75) is 33.3 Å². The van der Waals surface area contributed by atoms with E-state index in [0.29, 0.717) is 13.2 Å².